The molecule has 0 heterocycles. The Morgan fingerprint density at radius 2 is 1.78 bits per heavy atom. The molecule has 0 bridgehead atoms. The van der Waals surface area contributed by atoms with Gasteiger partial charge in [-0.3, -0.25) is 0 Å². The van der Waals surface area contributed by atoms with Crippen molar-refractivity contribution in [3.63, 3.8) is 0 Å². The third-order valence-corrected chi connectivity index (χ3v) is 3.24. The fourth-order valence-electron chi connectivity index (χ4n) is 1.79. The first kappa shape index (κ1) is 15.3. The highest BCUT2D eigenvalue weighted by molar-refractivity contribution is 5.68. The summed E-state index contributed by atoms with van der Waals surface area (Å²) in [7, 11) is 0. The van der Waals surface area contributed by atoms with E-state index >= 15 is 0 Å². The lowest BCUT2D eigenvalue weighted by Gasteiger charge is -2.34. The SMILES string of the molecule is CC(C)(C)OC(=O)NC(CC1(N)CC1)C(C)(C)C. The van der Waals surface area contributed by atoms with E-state index in [2.05, 4.69) is 26.1 Å². The number of ether oxygens (including phenoxy) is 1. The van der Waals surface area contributed by atoms with Crippen LogP contribution in [0.4, 0.5) is 4.79 Å². The molecule has 1 rings (SSSR count). The summed E-state index contributed by atoms with van der Waals surface area (Å²) in [5, 5.41) is 2.97. The first-order valence-electron chi connectivity index (χ1n) is 6.70. The minimum absolute atomic E-state index is 0.0220. The number of hydrogen-bond acceptors (Lipinski definition) is 3. The summed E-state index contributed by atoms with van der Waals surface area (Å²) in [6.07, 6.45) is 2.56. The highest BCUT2D eigenvalue weighted by atomic mass is 16.6. The van der Waals surface area contributed by atoms with Crippen LogP contribution in [0.2, 0.25) is 0 Å². The predicted molar refractivity (Wildman–Crippen MR) is 73.4 cm³/mol. The Morgan fingerprint density at radius 1 is 1.28 bits per heavy atom. The second-order valence-corrected chi connectivity index (χ2v) is 7.63. The molecule has 1 amide bonds. The largest absolute Gasteiger partial charge is 0.444 e. The normalized spacial score (nSPS) is 20.2. The number of rotatable bonds is 3. The lowest BCUT2D eigenvalue weighted by molar-refractivity contribution is 0.0454. The molecule has 1 atom stereocenters. The Labute approximate surface area is 111 Å². The Kier molecular flexibility index (Phi) is 4.01. The van der Waals surface area contributed by atoms with E-state index in [1.807, 2.05) is 20.8 Å². The van der Waals surface area contributed by atoms with Crippen molar-refractivity contribution in [1.82, 2.24) is 5.32 Å². The fraction of sp³-hybridized carbons (Fsp3) is 0.929. The van der Waals surface area contributed by atoms with Crippen LogP contribution in [-0.4, -0.2) is 23.3 Å². The van der Waals surface area contributed by atoms with Crippen molar-refractivity contribution < 1.29 is 9.53 Å². The summed E-state index contributed by atoms with van der Waals surface area (Å²) in [5.74, 6) is 0. The van der Waals surface area contributed by atoms with E-state index in [4.69, 9.17) is 10.5 Å². The molecule has 0 saturated heterocycles. The lowest BCUT2D eigenvalue weighted by Crippen LogP contribution is -2.49. The molecule has 1 aliphatic carbocycles. The quantitative estimate of drug-likeness (QED) is 0.816. The second kappa shape index (κ2) is 4.72. The van der Waals surface area contributed by atoms with E-state index in [0.29, 0.717) is 0 Å². The van der Waals surface area contributed by atoms with Crippen LogP contribution in [0.5, 0.6) is 0 Å². The summed E-state index contributed by atoms with van der Waals surface area (Å²) in [5.41, 5.74) is 5.59. The summed E-state index contributed by atoms with van der Waals surface area (Å²) < 4.78 is 5.31. The molecule has 4 heteroatoms. The van der Waals surface area contributed by atoms with Crippen molar-refractivity contribution in [3.8, 4) is 0 Å². The lowest BCUT2D eigenvalue weighted by atomic mass is 9.82. The highest BCUT2D eigenvalue weighted by Gasteiger charge is 2.43. The van der Waals surface area contributed by atoms with E-state index in [1.54, 1.807) is 0 Å². The monoisotopic (exact) mass is 256 g/mol. The van der Waals surface area contributed by atoms with Crippen molar-refractivity contribution in [2.24, 2.45) is 11.1 Å². The van der Waals surface area contributed by atoms with E-state index in [0.717, 1.165) is 19.3 Å². The van der Waals surface area contributed by atoms with Gasteiger partial charge in [0.1, 0.15) is 5.60 Å². The Morgan fingerprint density at radius 3 is 2.11 bits per heavy atom. The number of hydrogen-bond donors (Lipinski definition) is 2. The maximum absolute atomic E-state index is 11.8. The molecule has 1 fully saturated rings. The molecule has 3 N–H and O–H groups in total. The third-order valence-electron chi connectivity index (χ3n) is 3.24. The van der Waals surface area contributed by atoms with E-state index < -0.39 is 5.60 Å². The maximum atomic E-state index is 11.8. The molecule has 1 saturated carbocycles. The van der Waals surface area contributed by atoms with Gasteiger partial charge in [-0.05, 0) is 45.4 Å². The average Bonchev–Trinajstić information content (AvgIpc) is 2.77. The minimum Gasteiger partial charge on any atom is -0.444 e. The molecule has 0 spiro atoms. The van der Waals surface area contributed by atoms with Gasteiger partial charge in [0.2, 0.25) is 0 Å². The van der Waals surface area contributed by atoms with Gasteiger partial charge in [-0.1, -0.05) is 20.8 Å². The first-order chi connectivity index (χ1) is 7.91. The van der Waals surface area contributed by atoms with Crippen molar-refractivity contribution in [2.45, 2.75) is 78.0 Å². The van der Waals surface area contributed by atoms with Gasteiger partial charge in [0.05, 0.1) is 0 Å². The van der Waals surface area contributed by atoms with E-state index in [9.17, 15) is 4.79 Å². The molecular formula is C14H28N2O2. The van der Waals surface area contributed by atoms with Gasteiger partial charge in [-0.25, -0.2) is 4.79 Å². The van der Waals surface area contributed by atoms with Crippen molar-refractivity contribution >= 4 is 6.09 Å². The zero-order chi connectivity index (χ0) is 14.2. The van der Waals surface area contributed by atoms with Crippen molar-refractivity contribution in [1.29, 1.82) is 0 Å². The number of alkyl carbamates (subject to hydrolysis) is 1. The fourth-order valence-corrected chi connectivity index (χ4v) is 1.79. The topological polar surface area (TPSA) is 64.3 Å². The summed E-state index contributed by atoms with van der Waals surface area (Å²) in [6, 6.07) is 0.0415. The van der Waals surface area contributed by atoms with E-state index in [-0.39, 0.29) is 23.1 Å². The highest BCUT2D eigenvalue weighted by Crippen LogP contribution is 2.39. The van der Waals surface area contributed by atoms with Gasteiger partial charge in [-0.15, -0.1) is 0 Å². The average molecular weight is 256 g/mol. The molecule has 1 unspecified atom stereocenters. The van der Waals surface area contributed by atoms with Gasteiger partial charge >= 0.3 is 6.09 Å². The van der Waals surface area contributed by atoms with Crippen LogP contribution < -0.4 is 11.1 Å². The molecule has 106 valence electrons. The number of carbonyl (C=O) groups is 1. The van der Waals surface area contributed by atoms with Crippen LogP contribution in [0.3, 0.4) is 0 Å². The second-order valence-electron chi connectivity index (χ2n) is 7.63. The van der Waals surface area contributed by atoms with Crippen LogP contribution in [-0.2, 0) is 4.74 Å². The van der Waals surface area contributed by atoms with Crippen molar-refractivity contribution in [2.75, 3.05) is 0 Å². The molecule has 4 nitrogen and oxygen atoms in total. The number of carbonyl (C=O) groups excluding carboxylic acids is 1. The van der Waals surface area contributed by atoms with Gasteiger partial charge < -0.3 is 15.8 Å². The predicted octanol–water partition coefficient (Wildman–Crippen LogP) is 2.81. The van der Waals surface area contributed by atoms with Crippen LogP contribution in [0.25, 0.3) is 0 Å². The van der Waals surface area contributed by atoms with Crippen molar-refractivity contribution in [3.05, 3.63) is 0 Å². The summed E-state index contributed by atoms with van der Waals surface area (Å²) in [4.78, 5) is 11.8. The van der Waals surface area contributed by atoms with Crippen LogP contribution in [0.1, 0.15) is 60.8 Å². The standard InChI is InChI=1S/C14H28N2O2/c1-12(2,3)10(9-14(15)7-8-14)16-11(17)18-13(4,5)6/h10H,7-9,15H2,1-6H3,(H,16,17). The maximum Gasteiger partial charge on any atom is 0.407 e. The van der Waals surface area contributed by atoms with Crippen LogP contribution in [0, 0.1) is 5.41 Å². The minimum atomic E-state index is -0.466. The zero-order valence-electron chi connectivity index (χ0n) is 12.6. The van der Waals surface area contributed by atoms with Crippen LogP contribution >= 0.6 is 0 Å². The molecular weight excluding hydrogens is 228 g/mol. The Hall–Kier alpha value is -0.770. The molecule has 0 radical (unpaired) electrons. The van der Waals surface area contributed by atoms with Gasteiger partial charge in [0.25, 0.3) is 0 Å². The molecule has 1 aliphatic rings. The smallest absolute Gasteiger partial charge is 0.407 e. The Bertz CT molecular complexity index is 309. The molecule has 0 aromatic carbocycles. The molecule has 0 aliphatic heterocycles. The number of nitrogens with two attached hydrogens (primary N) is 1. The van der Waals surface area contributed by atoms with Gasteiger partial charge in [0, 0.05) is 11.6 Å². The third kappa shape index (κ3) is 5.25. The first-order valence-corrected chi connectivity index (χ1v) is 6.70. The number of nitrogens with one attached hydrogen (secondary N) is 1. The zero-order valence-corrected chi connectivity index (χ0v) is 12.6. The summed E-state index contributed by atoms with van der Waals surface area (Å²) >= 11 is 0. The number of amides is 1. The summed E-state index contributed by atoms with van der Waals surface area (Å²) in [6.45, 7) is 11.9. The van der Waals surface area contributed by atoms with Gasteiger partial charge in [-0.2, -0.15) is 0 Å². The van der Waals surface area contributed by atoms with Gasteiger partial charge in [0.15, 0.2) is 0 Å². The molecule has 0 aromatic rings. The molecule has 18 heavy (non-hydrogen) atoms. The molecule has 0 aromatic heterocycles. The van der Waals surface area contributed by atoms with E-state index in [1.165, 1.54) is 0 Å². The van der Waals surface area contributed by atoms with Crippen LogP contribution in [0.15, 0.2) is 0 Å². The Balaban J connectivity index is 2.59.